The second-order valence-corrected chi connectivity index (χ2v) is 11.2. The smallest absolute Gasteiger partial charge is 0.261 e. The fraction of sp³-hybridized carbons (Fsp3) is 0.280. The van der Waals surface area contributed by atoms with Gasteiger partial charge in [-0.1, -0.05) is 0 Å². The molecule has 2 aromatic carbocycles. The number of ether oxygens (including phenoxy) is 1. The predicted molar refractivity (Wildman–Crippen MR) is 150 cm³/mol. The van der Waals surface area contributed by atoms with E-state index >= 15 is 0 Å². The zero-order valence-electron chi connectivity index (χ0n) is 19.4. The summed E-state index contributed by atoms with van der Waals surface area (Å²) in [5, 5.41) is 3.37. The maximum absolute atomic E-state index is 13.3. The van der Waals surface area contributed by atoms with Gasteiger partial charge >= 0.3 is 0 Å². The van der Waals surface area contributed by atoms with Gasteiger partial charge in [-0.15, -0.1) is 11.8 Å². The molecule has 1 saturated heterocycles. The highest BCUT2D eigenvalue weighted by Crippen LogP contribution is 2.42. The van der Waals surface area contributed by atoms with Crippen molar-refractivity contribution >= 4 is 72.4 Å². The lowest BCUT2D eigenvalue weighted by molar-refractivity contribution is 0.0986. The number of nitrogens with one attached hydrogen (secondary N) is 1. The van der Waals surface area contributed by atoms with E-state index in [0.29, 0.717) is 17.2 Å². The van der Waals surface area contributed by atoms with Gasteiger partial charge < -0.3 is 19.9 Å². The third kappa shape index (κ3) is 5.16. The van der Waals surface area contributed by atoms with Crippen LogP contribution in [-0.4, -0.2) is 62.0 Å². The van der Waals surface area contributed by atoms with Crippen LogP contribution in [0, 0.1) is 0 Å². The van der Waals surface area contributed by atoms with Gasteiger partial charge in [-0.05, 0) is 81.4 Å². The molecule has 2 aliphatic rings. The van der Waals surface area contributed by atoms with E-state index in [4.69, 9.17) is 4.74 Å². The summed E-state index contributed by atoms with van der Waals surface area (Å²) in [6.45, 7) is 4.25. The second kappa shape index (κ2) is 10.4. The van der Waals surface area contributed by atoms with E-state index in [1.807, 2.05) is 18.2 Å². The van der Waals surface area contributed by atoms with Gasteiger partial charge in [0.2, 0.25) is 0 Å². The number of amides is 1. The molecule has 1 N–H and O–H groups in total. The summed E-state index contributed by atoms with van der Waals surface area (Å²) in [5.41, 5.74) is 3.57. The van der Waals surface area contributed by atoms with Crippen molar-refractivity contribution in [1.29, 1.82) is 0 Å². The van der Waals surface area contributed by atoms with E-state index in [2.05, 4.69) is 83.3 Å². The number of rotatable bonds is 5. The second-order valence-electron chi connectivity index (χ2n) is 8.47. The molecule has 3 aromatic rings. The minimum absolute atomic E-state index is 0.0825. The van der Waals surface area contributed by atoms with Crippen molar-refractivity contribution in [2.45, 2.75) is 4.90 Å². The molecule has 0 aliphatic carbocycles. The monoisotopic (exact) mass is 617 g/mol. The summed E-state index contributed by atoms with van der Waals surface area (Å²) < 4.78 is 6.88. The summed E-state index contributed by atoms with van der Waals surface area (Å²) >= 11 is 8.77. The third-order valence-corrected chi connectivity index (χ3v) is 8.44. The summed E-state index contributed by atoms with van der Waals surface area (Å²) in [4.78, 5) is 25.3. The number of hydrogen-bond acceptors (Lipinski definition) is 7. The van der Waals surface area contributed by atoms with Crippen LogP contribution in [0.5, 0.6) is 5.75 Å². The van der Waals surface area contributed by atoms with Crippen molar-refractivity contribution in [3.63, 3.8) is 0 Å². The third-order valence-electron chi connectivity index (χ3n) is 6.19. The largest absolute Gasteiger partial charge is 0.497 e. The molecule has 0 unspecified atom stereocenters. The quantitative estimate of drug-likeness (QED) is 0.387. The highest BCUT2D eigenvalue weighted by atomic mass is 79.9. The molecular weight excluding hydrogens is 594 g/mol. The molecule has 2 aliphatic heterocycles. The number of piperazine rings is 1. The number of hydrogen-bond donors (Lipinski definition) is 1. The molecule has 1 aromatic heterocycles. The summed E-state index contributed by atoms with van der Waals surface area (Å²) in [7, 11) is 3.78. The van der Waals surface area contributed by atoms with Crippen molar-refractivity contribution in [2.75, 3.05) is 61.3 Å². The number of anilines is 4. The number of carbonyl (C=O) groups excluding carboxylic acids is 1. The maximum Gasteiger partial charge on any atom is 0.261 e. The van der Waals surface area contributed by atoms with E-state index in [1.54, 1.807) is 30.0 Å². The number of fused-ring (bicyclic) bond motifs is 1. The highest BCUT2D eigenvalue weighted by molar-refractivity contribution is 9.11. The van der Waals surface area contributed by atoms with Gasteiger partial charge in [0.15, 0.2) is 0 Å². The van der Waals surface area contributed by atoms with Crippen LogP contribution in [0.25, 0.3) is 0 Å². The molecule has 0 radical (unpaired) electrons. The van der Waals surface area contributed by atoms with E-state index in [1.165, 1.54) is 5.69 Å². The van der Waals surface area contributed by atoms with Crippen molar-refractivity contribution in [2.24, 2.45) is 0 Å². The van der Waals surface area contributed by atoms with E-state index in [-0.39, 0.29) is 5.91 Å². The zero-order chi connectivity index (χ0) is 24.5. The number of carbonyl (C=O) groups is 1. The Morgan fingerprint density at radius 3 is 2.37 bits per heavy atom. The molecule has 0 spiro atoms. The lowest BCUT2D eigenvalue weighted by Gasteiger charge is -2.34. The topological polar surface area (TPSA) is 60.9 Å². The Hall–Kier alpha value is -2.27. The molecule has 7 nitrogen and oxygen atoms in total. The molecule has 182 valence electrons. The van der Waals surface area contributed by atoms with Gasteiger partial charge in [0.25, 0.3) is 5.91 Å². The average Bonchev–Trinajstić information content (AvgIpc) is 2.86. The van der Waals surface area contributed by atoms with Crippen LogP contribution in [0.15, 0.2) is 62.5 Å². The van der Waals surface area contributed by atoms with Crippen LogP contribution in [-0.2, 0) is 0 Å². The van der Waals surface area contributed by atoms with E-state index in [9.17, 15) is 4.79 Å². The Morgan fingerprint density at radius 2 is 1.71 bits per heavy atom. The van der Waals surface area contributed by atoms with Crippen LogP contribution in [0.2, 0.25) is 0 Å². The maximum atomic E-state index is 13.3. The van der Waals surface area contributed by atoms with Crippen LogP contribution in [0.4, 0.5) is 22.9 Å². The standard InChI is InChI=1S/C25H25Br2N5O2S/c1-30-7-9-31(10-8-30)17-5-3-16(4-6-17)29-23-13-22-19(14-28-23)25(33)32(15-35-22)24-20(26)11-18(34-2)12-21(24)27/h3-6,11-14H,7-10,15H2,1-2H3,(H,28,29). The number of methoxy groups -OCH3 is 1. The summed E-state index contributed by atoms with van der Waals surface area (Å²) in [5.74, 6) is 1.84. The lowest BCUT2D eigenvalue weighted by Crippen LogP contribution is -2.44. The van der Waals surface area contributed by atoms with E-state index in [0.717, 1.165) is 57.2 Å². The number of aromatic nitrogens is 1. The van der Waals surface area contributed by atoms with Gasteiger partial charge in [-0.3, -0.25) is 9.69 Å². The minimum atomic E-state index is -0.0825. The Bertz CT molecular complexity index is 1230. The Labute approximate surface area is 226 Å². The van der Waals surface area contributed by atoms with Crippen molar-refractivity contribution in [1.82, 2.24) is 9.88 Å². The first-order chi connectivity index (χ1) is 16.9. The molecule has 10 heteroatoms. The van der Waals surface area contributed by atoms with Crippen LogP contribution in [0.3, 0.4) is 0 Å². The molecule has 5 rings (SSSR count). The fourth-order valence-corrected chi connectivity index (χ4v) is 6.75. The van der Waals surface area contributed by atoms with Crippen molar-refractivity contribution < 1.29 is 9.53 Å². The van der Waals surface area contributed by atoms with Crippen LogP contribution < -0.4 is 19.9 Å². The number of thioether (sulfide) groups is 1. The average molecular weight is 619 g/mol. The Balaban J connectivity index is 1.30. The van der Waals surface area contributed by atoms with Crippen molar-refractivity contribution in [3.05, 3.63) is 63.2 Å². The molecule has 3 heterocycles. The molecule has 1 amide bonds. The SMILES string of the molecule is COc1cc(Br)c(N2CSc3cc(Nc4ccc(N5CCN(C)CC5)cc4)ncc3C2=O)c(Br)c1. The first-order valence-electron chi connectivity index (χ1n) is 11.2. The fourth-order valence-electron chi connectivity index (χ4n) is 4.18. The minimum Gasteiger partial charge on any atom is -0.497 e. The van der Waals surface area contributed by atoms with Crippen molar-refractivity contribution in [3.8, 4) is 5.75 Å². The van der Waals surface area contributed by atoms with Gasteiger partial charge in [0.1, 0.15) is 11.6 Å². The molecule has 0 saturated carbocycles. The molecule has 0 atom stereocenters. The van der Waals surface area contributed by atoms with Gasteiger partial charge in [-0.25, -0.2) is 4.98 Å². The number of nitrogens with zero attached hydrogens (tertiary/aromatic N) is 4. The van der Waals surface area contributed by atoms with Gasteiger partial charge in [0, 0.05) is 57.6 Å². The molecule has 35 heavy (non-hydrogen) atoms. The highest BCUT2D eigenvalue weighted by Gasteiger charge is 2.30. The summed E-state index contributed by atoms with van der Waals surface area (Å²) in [6.07, 6.45) is 1.66. The number of halogens is 2. The first-order valence-corrected chi connectivity index (χ1v) is 13.8. The number of pyridine rings is 1. The lowest BCUT2D eigenvalue weighted by atomic mass is 10.2. The molecule has 1 fully saturated rings. The molecular formula is C25H25Br2N5O2S. The predicted octanol–water partition coefficient (Wildman–Crippen LogP) is 5.82. The Morgan fingerprint density at radius 1 is 1.03 bits per heavy atom. The molecule has 0 bridgehead atoms. The first kappa shape index (κ1) is 24.4. The number of benzene rings is 2. The summed E-state index contributed by atoms with van der Waals surface area (Å²) in [6, 6.07) is 14.1. The van der Waals surface area contributed by atoms with Gasteiger partial charge in [-0.2, -0.15) is 0 Å². The van der Waals surface area contributed by atoms with E-state index < -0.39 is 0 Å². The van der Waals surface area contributed by atoms with Crippen LogP contribution in [0.1, 0.15) is 10.4 Å². The normalized spacial score (nSPS) is 16.3. The van der Waals surface area contributed by atoms with Gasteiger partial charge in [0.05, 0.1) is 24.2 Å². The number of likely N-dealkylation sites (N-methyl/N-ethyl adjacent to an activating group) is 1. The Kier molecular flexibility index (Phi) is 7.24. The zero-order valence-corrected chi connectivity index (χ0v) is 23.4. The van der Waals surface area contributed by atoms with Crippen LogP contribution >= 0.6 is 43.6 Å².